The van der Waals surface area contributed by atoms with Crippen LogP contribution in [0.5, 0.6) is 0 Å². The summed E-state index contributed by atoms with van der Waals surface area (Å²) in [4.78, 5) is 10.8. The van der Waals surface area contributed by atoms with Crippen LogP contribution in [-0.2, 0) is 14.3 Å². The Bertz CT molecular complexity index is 127. The van der Waals surface area contributed by atoms with Crippen molar-refractivity contribution in [2.24, 2.45) is 0 Å². The van der Waals surface area contributed by atoms with E-state index in [0.717, 1.165) is 0 Å². The summed E-state index contributed by atoms with van der Waals surface area (Å²) in [5.74, 6) is 0.0828. The summed E-state index contributed by atoms with van der Waals surface area (Å²) in [7, 11) is 1.61. The molecule has 0 spiro atoms. The zero-order valence-corrected chi connectivity index (χ0v) is 8.26. The number of ether oxygens (including phenoxy) is 2. The minimum absolute atomic E-state index is 0.0154. The summed E-state index contributed by atoms with van der Waals surface area (Å²) < 4.78 is 10.0. The van der Waals surface area contributed by atoms with Gasteiger partial charge in [0.05, 0.1) is 25.2 Å². The van der Waals surface area contributed by atoms with Crippen LogP contribution in [0.25, 0.3) is 0 Å². The molecule has 0 saturated carbocycles. The van der Waals surface area contributed by atoms with Crippen molar-refractivity contribution in [3.8, 4) is 0 Å². The number of carbonyl (C=O) groups excluding carboxylic acids is 1. The number of hydrogen-bond donors (Lipinski definition) is 0. The third-order valence-corrected chi connectivity index (χ3v) is 1.65. The SMILES string of the molecule is COCCOC(C)CC(=O)CCl. The molecule has 3 nitrogen and oxygen atoms in total. The zero-order valence-electron chi connectivity index (χ0n) is 7.51. The third kappa shape index (κ3) is 6.58. The molecule has 0 amide bonds. The van der Waals surface area contributed by atoms with Gasteiger partial charge in [-0.3, -0.25) is 4.79 Å². The highest BCUT2D eigenvalue weighted by Gasteiger charge is 2.07. The molecule has 0 fully saturated rings. The van der Waals surface area contributed by atoms with Gasteiger partial charge in [-0.2, -0.15) is 0 Å². The Morgan fingerprint density at radius 1 is 1.50 bits per heavy atom. The second kappa shape index (κ2) is 7.53. The first-order valence-electron chi connectivity index (χ1n) is 3.89. The lowest BCUT2D eigenvalue weighted by atomic mass is 10.2. The van der Waals surface area contributed by atoms with Crippen LogP contribution in [-0.4, -0.2) is 38.1 Å². The van der Waals surface area contributed by atoms with E-state index in [1.54, 1.807) is 7.11 Å². The lowest BCUT2D eigenvalue weighted by Gasteiger charge is -2.10. The quantitative estimate of drug-likeness (QED) is 0.452. The number of hydrogen-bond acceptors (Lipinski definition) is 3. The van der Waals surface area contributed by atoms with E-state index < -0.39 is 0 Å². The molecule has 0 aromatic heterocycles. The maximum atomic E-state index is 10.8. The molecule has 0 saturated heterocycles. The second-order valence-corrected chi connectivity index (χ2v) is 2.82. The number of methoxy groups -OCH3 is 1. The molecule has 1 unspecified atom stereocenters. The van der Waals surface area contributed by atoms with Crippen LogP contribution in [0.3, 0.4) is 0 Å². The Hall–Kier alpha value is -0.120. The molecule has 4 heteroatoms. The van der Waals surface area contributed by atoms with Crippen molar-refractivity contribution in [3.63, 3.8) is 0 Å². The molecule has 0 heterocycles. The summed E-state index contributed by atoms with van der Waals surface area (Å²) in [6, 6.07) is 0. The van der Waals surface area contributed by atoms with Crippen LogP contribution >= 0.6 is 11.6 Å². The maximum absolute atomic E-state index is 10.8. The Balaban J connectivity index is 3.32. The molecule has 0 radical (unpaired) electrons. The first-order chi connectivity index (χ1) is 5.70. The molecule has 12 heavy (non-hydrogen) atoms. The van der Waals surface area contributed by atoms with Crippen LogP contribution in [0.15, 0.2) is 0 Å². The van der Waals surface area contributed by atoms with Gasteiger partial charge in [-0.25, -0.2) is 0 Å². The number of carbonyl (C=O) groups is 1. The van der Waals surface area contributed by atoms with E-state index >= 15 is 0 Å². The lowest BCUT2D eigenvalue weighted by Crippen LogP contribution is -2.17. The molecule has 0 bridgehead atoms. The average Bonchev–Trinajstić information content (AvgIpc) is 2.05. The largest absolute Gasteiger partial charge is 0.382 e. The Morgan fingerprint density at radius 3 is 2.67 bits per heavy atom. The highest BCUT2D eigenvalue weighted by atomic mass is 35.5. The smallest absolute Gasteiger partial charge is 0.150 e. The van der Waals surface area contributed by atoms with Crippen molar-refractivity contribution in [3.05, 3.63) is 0 Å². The molecule has 1 atom stereocenters. The average molecular weight is 195 g/mol. The predicted octanol–water partition coefficient (Wildman–Crippen LogP) is 1.24. The number of rotatable bonds is 7. The van der Waals surface area contributed by atoms with Gasteiger partial charge in [0.2, 0.25) is 0 Å². The Kier molecular flexibility index (Phi) is 7.45. The van der Waals surface area contributed by atoms with E-state index in [1.165, 1.54) is 0 Å². The normalized spacial score (nSPS) is 12.9. The minimum atomic E-state index is -0.0635. The fourth-order valence-corrected chi connectivity index (χ4v) is 0.876. The number of Topliss-reactive ketones (excluding diaryl/α,β-unsaturated/α-hetero) is 1. The summed E-state index contributed by atoms with van der Waals surface area (Å²) in [5.41, 5.74) is 0. The molecule has 0 aliphatic rings. The Morgan fingerprint density at radius 2 is 2.17 bits per heavy atom. The predicted molar refractivity (Wildman–Crippen MR) is 47.6 cm³/mol. The first-order valence-corrected chi connectivity index (χ1v) is 4.42. The van der Waals surface area contributed by atoms with Gasteiger partial charge in [0.1, 0.15) is 5.78 Å². The monoisotopic (exact) mass is 194 g/mol. The van der Waals surface area contributed by atoms with Crippen molar-refractivity contribution in [1.29, 1.82) is 0 Å². The summed E-state index contributed by atoms with van der Waals surface area (Å²) in [6.07, 6.45) is 0.319. The standard InChI is InChI=1S/C8H15ClO3/c1-7(5-8(10)6-9)12-4-3-11-2/h7H,3-6H2,1-2H3. The molecule has 0 rings (SSSR count). The second-order valence-electron chi connectivity index (χ2n) is 2.55. The minimum Gasteiger partial charge on any atom is -0.382 e. The van der Waals surface area contributed by atoms with Gasteiger partial charge >= 0.3 is 0 Å². The third-order valence-electron chi connectivity index (χ3n) is 1.35. The van der Waals surface area contributed by atoms with Crippen LogP contribution in [0.1, 0.15) is 13.3 Å². The maximum Gasteiger partial charge on any atom is 0.150 e. The summed E-state index contributed by atoms with van der Waals surface area (Å²) in [5, 5.41) is 0. The molecule has 72 valence electrons. The van der Waals surface area contributed by atoms with Gasteiger partial charge in [-0.15, -0.1) is 11.6 Å². The Labute approximate surface area is 78.0 Å². The van der Waals surface area contributed by atoms with E-state index in [1.807, 2.05) is 6.92 Å². The van der Waals surface area contributed by atoms with Crippen molar-refractivity contribution >= 4 is 17.4 Å². The van der Waals surface area contributed by atoms with E-state index in [0.29, 0.717) is 19.6 Å². The molecule has 0 aliphatic heterocycles. The molecular weight excluding hydrogens is 180 g/mol. The van der Waals surface area contributed by atoms with Gasteiger partial charge in [-0.05, 0) is 6.92 Å². The van der Waals surface area contributed by atoms with Gasteiger partial charge in [0, 0.05) is 13.5 Å². The fraction of sp³-hybridized carbons (Fsp3) is 0.875. The summed E-state index contributed by atoms with van der Waals surface area (Å²) >= 11 is 5.33. The molecule has 0 aromatic carbocycles. The molecular formula is C8H15ClO3. The summed E-state index contributed by atoms with van der Waals surface area (Å²) in [6.45, 7) is 2.92. The van der Waals surface area contributed by atoms with Gasteiger partial charge in [0.15, 0.2) is 0 Å². The van der Waals surface area contributed by atoms with E-state index in [9.17, 15) is 4.79 Å². The fourth-order valence-electron chi connectivity index (χ4n) is 0.767. The highest BCUT2D eigenvalue weighted by molar-refractivity contribution is 6.27. The lowest BCUT2D eigenvalue weighted by molar-refractivity contribution is -0.119. The van der Waals surface area contributed by atoms with Crippen LogP contribution < -0.4 is 0 Å². The van der Waals surface area contributed by atoms with Gasteiger partial charge in [0.25, 0.3) is 0 Å². The van der Waals surface area contributed by atoms with E-state index in [-0.39, 0.29) is 17.8 Å². The topological polar surface area (TPSA) is 35.5 Å². The van der Waals surface area contributed by atoms with Crippen molar-refractivity contribution in [1.82, 2.24) is 0 Å². The van der Waals surface area contributed by atoms with E-state index in [4.69, 9.17) is 21.1 Å². The molecule has 0 aromatic rings. The van der Waals surface area contributed by atoms with Gasteiger partial charge in [-0.1, -0.05) is 0 Å². The highest BCUT2D eigenvalue weighted by Crippen LogP contribution is 1.99. The number of halogens is 1. The van der Waals surface area contributed by atoms with Crippen molar-refractivity contribution in [2.75, 3.05) is 26.2 Å². The van der Waals surface area contributed by atoms with Crippen LogP contribution in [0.4, 0.5) is 0 Å². The molecule has 0 N–H and O–H groups in total. The molecule has 0 aliphatic carbocycles. The van der Waals surface area contributed by atoms with E-state index in [2.05, 4.69) is 0 Å². The zero-order chi connectivity index (χ0) is 9.40. The van der Waals surface area contributed by atoms with Crippen LogP contribution in [0, 0.1) is 0 Å². The van der Waals surface area contributed by atoms with Crippen molar-refractivity contribution in [2.45, 2.75) is 19.4 Å². The number of ketones is 1. The van der Waals surface area contributed by atoms with Crippen molar-refractivity contribution < 1.29 is 14.3 Å². The number of alkyl halides is 1. The van der Waals surface area contributed by atoms with Crippen LogP contribution in [0.2, 0.25) is 0 Å². The first kappa shape index (κ1) is 11.9. The van der Waals surface area contributed by atoms with Gasteiger partial charge < -0.3 is 9.47 Å².